The zero-order valence-corrected chi connectivity index (χ0v) is 14.7. The van der Waals surface area contributed by atoms with Crippen LogP contribution in [0.1, 0.15) is 41.6 Å². The molecule has 1 atom stereocenters. The summed E-state index contributed by atoms with van der Waals surface area (Å²) in [6.45, 7) is 3.85. The maximum Gasteiger partial charge on any atom is 0.254 e. The SMILES string of the molecule is O=C(c1ccsc1)N1CCC[C@@]2(CCCN2Cc2ccncc2)C1. The van der Waals surface area contributed by atoms with Crippen molar-refractivity contribution in [1.29, 1.82) is 0 Å². The average Bonchev–Trinajstić information content (AvgIpc) is 3.27. The Morgan fingerprint density at radius 2 is 1.96 bits per heavy atom. The van der Waals surface area contributed by atoms with Crippen molar-refractivity contribution in [2.45, 2.75) is 37.8 Å². The molecule has 4 nitrogen and oxygen atoms in total. The summed E-state index contributed by atoms with van der Waals surface area (Å²) in [5.41, 5.74) is 2.32. The van der Waals surface area contributed by atoms with Crippen molar-refractivity contribution in [3.8, 4) is 0 Å². The third-order valence-corrected chi connectivity index (χ3v) is 6.16. The molecule has 2 aromatic rings. The molecule has 0 aliphatic carbocycles. The molecular formula is C19H23N3OS. The maximum absolute atomic E-state index is 12.8. The molecule has 2 aromatic heterocycles. The summed E-state index contributed by atoms with van der Waals surface area (Å²) in [7, 11) is 0. The summed E-state index contributed by atoms with van der Waals surface area (Å²) < 4.78 is 0. The first-order valence-electron chi connectivity index (χ1n) is 8.72. The lowest BCUT2D eigenvalue weighted by Crippen LogP contribution is -2.56. The highest BCUT2D eigenvalue weighted by Gasteiger charge is 2.44. The monoisotopic (exact) mass is 341 g/mol. The van der Waals surface area contributed by atoms with Crippen molar-refractivity contribution in [3.05, 3.63) is 52.5 Å². The lowest BCUT2D eigenvalue weighted by atomic mass is 9.86. The molecule has 2 aliphatic heterocycles. The van der Waals surface area contributed by atoms with Gasteiger partial charge in [0.15, 0.2) is 0 Å². The zero-order chi connectivity index (χ0) is 16.4. The van der Waals surface area contributed by atoms with Crippen LogP contribution in [-0.4, -0.2) is 45.9 Å². The third kappa shape index (κ3) is 2.98. The number of likely N-dealkylation sites (tertiary alicyclic amines) is 2. The molecule has 2 fully saturated rings. The number of amides is 1. The number of pyridine rings is 1. The highest BCUT2D eigenvalue weighted by Crippen LogP contribution is 2.38. The number of piperidine rings is 1. The van der Waals surface area contributed by atoms with Gasteiger partial charge < -0.3 is 4.90 Å². The Morgan fingerprint density at radius 1 is 1.17 bits per heavy atom. The summed E-state index contributed by atoms with van der Waals surface area (Å²) in [5, 5.41) is 3.95. The molecule has 1 spiro atoms. The molecule has 0 saturated carbocycles. The van der Waals surface area contributed by atoms with Gasteiger partial charge in [-0.25, -0.2) is 0 Å². The molecule has 4 rings (SSSR count). The highest BCUT2D eigenvalue weighted by molar-refractivity contribution is 7.08. The zero-order valence-electron chi connectivity index (χ0n) is 13.9. The van der Waals surface area contributed by atoms with Gasteiger partial charge in [0.2, 0.25) is 0 Å². The van der Waals surface area contributed by atoms with Crippen molar-refractivity contribution in [3.63, 3.8) is 0 Å². The smallest absolute Gasteiger partial charge is 0.254 e. The van der Waals surface area contributed by atoms with Crippen LogP contribution in [0.2, 0.25) is 0 Å². The van der Waals surface area contributed by atoms with E-state index >= 15 is 0 Å². The van der Waals surface area contributed by atoms with Crippen molar-refractivity contribution < 1.29 is 4.79 Å². The van der Waals surface area contributed by atoms with Gasteiger partial charge in [0.05, 0.1) is 5.56 Å². The predicted octanol–water partition coefficient (Wildman–Crippen LogP) is 3.41. The van der Waals surface area contributed by atoms with Crippen LogP contribution in [0, 0.1) is 0 Å². The van der Waals surface area contributed by atoms with E-state index in [2.05, 4.69) is 26.9 Å². The molecule has 0 N–H and O–H groups in total. The Balaban J connectivity index is 1.51. The second kappa shape index (κ2) is 6.65. The Kier molecular flexibility index (Phi) is 4.37. The minimum absolute atomic E-state index is 0.160. The van der Waals surface area contributed by atoms with E-state index in [1.165, 1.54) is 24.8 Å². The van der Waals surface area contributed by atoms with E-state index in [4.69, 9.17) is 0 Å². The van der Waals surface area contributed by atoms with E-state index in [9.17, 15) is 4.79 Å². The minimum Gasteiger partial charge on any atom is -0.337 e. The van der Waals surface area contributed by atoms with E-state index in [1.807, 2.05) is 29.2 Å². The fraction of sp³-hybridized carbons (Fsp3) is 0.474. The highest BCUT2D eigenvalue weighted by atomic mass is 32.1. The Hall–Kier alpha value is -1.72. The largest absolute Gasteiger partial charge is 0.337 e. The van der Waals surface area contributed by atoms with Gasteiger partial charge in [0.1, 0.15) is 0 Å². The van der Waals surface area contributed by atoms with Crippen LogP contribution in [0.4, 0.5) is 0 Å². The lowest BCUT2D eigenvalue weighted by Gasteiger charge is -2.46. The van der Waals surface area contributed by atoms with E-state index < -0.39 is 0 Å². The van der Waals surface area contributed by atoms with Crippen molar-refractivity contribution in [2.75, 3.05) is 19.6 Å². The first-order chi connectivity index (χ1) is 11.8. The van der Waals surface area contributed by atoms with Crippen LogP contribution in [-0.2, 0) is 6.54 Å². The van der Waals surface area contributed by atoms with Crippen molar-refractivity contribution in [1.82, 2.24) is 14.8 Å². The number of hydrogen-bond acceptors (Lipinski definition) is 4. The van der Waals surface area contributed by atoms with Gasteiger partial charge in [-0.15, -0.1) is 0 Å². The molecule has 0 bridgehead atoms. The molecule has 5 heteroatoms. The Morgan fingerprint density at radius 3 is 2.71 bits per heavy atom. The van der Waals surface area contributed by atoms with Crippen LogP contribution in [0.15, 0.2) is 41.4 Å². The van der Waals surface area contributed by atoms with Gasteiger partial charge in [-0.3, -0.25) is 14.7 Å². The number of hydrogen-bond donors (Lipinski definition) is 0. The third-order valence-electron chi connectivity index (χ3n) is 5.47. The van der Waals surface area contributed by atoms with Crippen LogP contribution < -0.4 is 0 Å². The molecule has 1 amide bonds. The fourth-order valence-electron chi connectivity index (χ4n) is 4.27. The van der Waals surface area contributed by atoms with Gasteiger partial charge >= 0.3 is 0 Å². The first kappa shape index (κ1) is 15.8. The van der Waals surface area contributed by atoms with Crippen LogP contribution >= 0.6 is 11.3 Å². The number of rotatable bonds is 3. The molecule has 0 unspecified atom stereocenters. The van der Waals surface area contributed by atoms with Crippen molar-refractivity contribution >= 4 is 17.2 Å². The van der Waals surface area contributed by atoms with Crippen molar-refractivity contribution in [2.24, 2.45) is 0 Å². The van der Waals surface area contributed by atoms with E-state index in [0.29, 0.717) is 0 Å². The molecule has 126 valence electrons. The molecule has 4 heterocycles. The van der Waals surface area contributed by atoms with Gasteiger partial charge in [0, 0.05) is 42.9 Å². The summed E-state index contributed by atoms with van der Waals surface area (Å²) in [4.78, 5) is 21.6. The maximum atomic E-state index is 12.8. The molecule has 0 radical (unpaired) electrons. The Labute approximate surface area is 147 Å². The number of aromatic nitrogens is 1. The number of carbonyl (C=O) groups excluding carboxylic acids is 1. The topological polar surface area (TPSA) is 36.4 Å². The summed E-state index contributed by atoms with van der Waals surface area (Å²) >= 11 is 1.59. The quantitative estimate of drug-likeness (QED) is 0.858. The van der Waals surface area contributed by atoms with E-state index in [-0.39, 0.29) is 11.4 Å². The summed E-state index contributed by atoms with van der Waals surface area (Å²) in [6, 6.07) is 6.14. The summed E-state index contributed by atoms with van der Waals surface area (Å²) in [5.74, 6) is 0.200. The molecule has 2 saturated heterocycles. The Bertz CT molecular complexity index is 688. The average molecular weight is 341 g/mol. The standard InChI is InChI=1S/C19H23N3OS/c23-18(17-5-12-24-14-17)21-10-1-6-19(15-21)7-2-11-22(19)13-16-3-8-20-9-4-16/h3-5,8-9,12,14H,1-2,6-7,10-11,13,15H2/t19-/m1/s1. The number of nitrogens with zero attached hydrogens (tertiary/aromatic N) is 3. The fourth-order valence-corrected chi connectivity index (χ4v) is 4.90. The molecule has 0 aromatic carbocycles. The molecule has 2 aliphatic rings. The second-order valence-corrected chi connectivity index (χ2v) is 7.73. The second-order valence-electron chi connectivity index (χ2n) is 6.95. The van der Waals surface area contributed by atoms with E-state index in [1.54, 1.807) is 11.3 Å². The normalized spacial score (nSPS) is 24.6. The van der Waals surface area contributed by atoms with Gasteiger partial charge in [-0.05, 0) is 61.4 Å². The van der Waals surface area contributed by atoms with Crippen LogP contribution in [0.5, 0.6) is 0 Å². The molecular weight excluding hydrogens is 318 g/mol. The van der Waals surface area contributed by atoms with Crippen LogP contribution in [0.25, 0.3) is 0 Å². The lowest BCUT2D eigenvalue weighted by molar-refractivity contribution is 0.0296. The van der Waals surface area contributed by atoms with E-state index in [0.717, 1.165) is 38.2 Å². The first-order valence-corrected chi connectivity index (χ1v) is 9.67. The minimum atomic E-state index is 0.160. The van der Waals surface area contributed by atoms with Crippen LogP contribution in [0.3, 0.4) is 0 Å². The molecule has 24 heavy (non-hydrogen) atoms. The van der Waals surface area contributed by atoms with Gasteiger partial charge in [0.25, 0.3) is 5.91 Å². The van der Waals surface area contributed by atoms with Gasteiger partial charge in [-0.2, -0.15) is 11.3 Å². The summed E-state index contributed by atoms with van der Waals surface area (Å²) in [6.07, 6.45) is 8.46. The number of carbonyl (C=O) groups is 1. The number of thiophene rings is 1. The predicted molar refractivity (Wildman–Crippen MR) is 96.1 cm³/mol. The van der Waals surface area contributed by atoms with Gasteiger partial charge in [-0.1, -0.05) is 0 Å².